The molecule has 1 unspecified atom stereocenters. The summed E-state index contributed by atoms with van der Waals surface area (Å²) in [4.78, 5) is 14.9. The van der Waals surface area contributed by atoms with E-state index >= 15 is 0 Å². The summed E-state index contributed by atoms with van der Waals surface area (Å²) in [6.45, 7) is 3.50. The molecule has 0 fully saturated rings. The third-order valence-electron chi connectivity index (χ3n) is 2.30. The van der Waals surface area contributed by atoms with E-state index in [9.17, 15) is 4.79 Å². The zero-order valence-electron chi connectivity index (χ0n) is 8.52. The highest BCUT2D eigenvalue weighted by Gasteiger charge is 2.19. The molecular weight excluding hydrogens is 194 g/mol. The number of aliphatic carboxylic acids is 1. The van der Waals surface area contributed by atoms with Gasteiger partial charge in [-0.15, -0.1) is 0 Å². The van der Waals surface area contributed by atoms with Crippen LogP contribution in [-0.4, -0.2) is 16.1 Å². The normalized spacial score (nSPS) is 12.9. The van der Waals surface area contributed by atoms with Crippen LogP contribution < -0.4 is 0 Å². The number of carbonyl (C=O) groups is 1. The lowest BCUT2D eigenvalue weighted by molar-refractivity contribution is -0.138. The lowest BCUT2D eigenvalue weighted by atomic mass is 10.2. The monoisotopic (exact) mass is 205 g/mol. The Morgan fingerprint density at radius 3 is 2.93 bits per heavy atom. The molecule has 0 aliphatic heterocycles. The summed E-state index contributed by atoms with van der Waals surface area (Å²) < 4.78 is 5.38. The maximum atomic E-state index is 10.7. The highest BCUT2D eigenvalue weighted by atomic mass is 16.4. The Morgan fingerprint density at radius 2 is 2.27 bits per heavy atom. The first kappa shape index (κ1) is 9.71. The highest BCUT2D eigenvalue weighted by Crippen LogP contribution is 2.22. The number of carboxylic acids is 1. The number of hydrogen-bond acceptors (Lipinski definition) is 3. The zero-order chi connectivity index (χ0) is 11.0. The molecule has 0 amide bonds. The maximum Gasteiger partial charge on any atom is 0.315 e. The Kier molecular flexibility index (Phi) is 2.19. The quantitative estimate of drug-likeness (QED) is 0.817. The van der Waals surface area contributed by atoms with Crippen LogP contribution in [0.5, 0.6) is 0 Å². The molecule has 1 atom stereocenters. The van der Waals surface area contributed by atoms with E-state index in [2.05, 4.69) is 4.98 Å². The smallest absolute Gasteiger partial charge is 0.315 e. The number of benzene rings is 1. The summed E-state index contributed by atoms with van der Waals surface area (Å²) in [5, 5.41) is 8.82. The molecule has 1 N–H and O–H groups in total. The second-order valence-corrected chi connectivity index (χ2v) is 3.58. The van der Waals surface area contributed by atoms with Gasteiger partial charge in [0.05, 0.1) is 0 Å². The van der Waals surface area contributed by atoms with Crippen molar-refractivity contribution in [1.29, 1.82) is 0 Å². The summed E-state index contributed by atoms with van der Waals surface area (Å²) in [5.41, 5.74) is 2.40. The second kappa shape index (κ2) is 3.38. The average Bonchev–Trinajstić information content (AvgIpc) is 2.58. The standard InChI is InChI=1S/C11H11NO3/c1-6-3-4-8-9(5-6)15-10(12-8)7(2)11(13)14/h3-5,7H,1-2H3,(H,13,14). The number of fused-ring (bicyclic) bond motifs is 1. The summed E-state index contributed by atoms with van der Waals surface area (Å²) in [6, 6.07) is 5.59. The van der Waals surface area contributed by atoms with Gasteiger partial charge in [-0.25, -0.2) is 4.98 Å². The van der Waals surface area contributed by atoms with Crippen LogP contribution in [-0.2, 0) is 4.79 Å². The van der Waals surface area contributed by atoms with Crippen LogP contribution >= 0.6 is 0 Å². The molecule has 78 valence electrons. The number of nitrogens with zero attached hydrogens (tertiary/aromatic N) is 1. The van der Waals surface area contributed by atoms with Gasteiger partial charge in [0.2, 0.25) is 5.89 Å². The van der Waals surface area contributed by atoms with Crippen LogP contribution in [0.15, 0.2) is 22.6 Å². The Labute approximate surface area is 86.5 Å². The third-order valence-corrected chi connectivity index (χ3v) is 2.30. The molecule has 0 saturated carbocycles. The van der Waals surface area contributed by atoms with E-state index in [1.165, 1.54) is 0 Å². The van der Waals surface area contributed by atoms with Crippen molar-refractivity contribution in [3.63, 3.8) is 0 Å². The van der Waals surface area contributed by atoms with E-state index in [1.54, 1.807) is 6.92 Å². The average molecular weight is 205 g/mol. The number of aryl methyl sites for hydroxylation is 1. The molecule has 0 aliphatic rings. The van der Waals surface area contributed by atoms with Gasteiger partial charge >= 0.3 is 5.97 Å². The fourth-order valence-electron chi connectivity index (χ4n) is 1.34. The highest BCUT2D eigenvalue weighted by molar-refractivity contribution is 5.77. The molecule has 0 aliphatic carbocycles. The molecule has 15 heavy (non-hydrogen) atoms. The van der Waals surface area contributed by atoms with E-state index in [1.807, 2.05) is 25.1 Å². The summed E-state index contributed by atoms with van der Waals surface area (Å²) in [6.07, 6.45) is 0. The molecule has 2 aromatic rings. The minimum atomic E-state index is -0.932. The zero-order valence-corrected chi connectivity index (χ0v) is 8.52. The summed E-state index contributed by atoms with van der Waals surface area (Å²) in [5.74, 6) is -1.39. The van der Waals surface area contributed by atoms with Gasteiger partial charge in [-0.2, -0.15) is 0 Å². The molecular formula is C11H11NO3. The molecule has 0 radical (unpaired) electrons. The van der Waals surface area contributed by atoms with Gasteiger partial charge in [0, 0.05) is 0 Å². The van der Waals surface area contributed by atoms with Crippen LogP contribution in [0, 0.1) is 6.92 Å². The van der Waals surface area contributed by atoms with E-state index in [0.717, 1.165) is 5.56 Å². The van der Waals surface area contributed by atoms with Crippen molar-refractivity contribution >= 4 is 17.1 Å². The van der Waals surface area contributed by atoms with Crippen LogP contribution in [0.2, 0.25) is 0 Å². The Balaban J connectivity index is 2.51. The van der Waals surface area contributed by atoms with Gasteiger partial charge in [-0.3, -0.25) is 4.79 Å². The minimum absolute atomic E-state index is 0.253. The third kappa shape index (κ3) is 1.70. The Hall–Kier alpha value is -1.84. The molecule has 0 bridgehead atoms. The fraction of sp³-hybridized carbons (Fsp3) is 0.273. The van der Waals surface area contributed by atoms with Gasteiger partial charge in [0.15, 0.2) is 5.58 Å². The summed E-state index contributed by atoms with van der Waals surface area (Å²) in [7, 11) is 0. The van der Waals surface area contributed by atoms with Crippen molar-refractivity contribution in [2.24, 2.45) is 0 Å². The minimum Gasteiger partial charge on any atom is -0.481 e. The molecule has 1 aromatic carbocycles. The first-order valence-corrected chi connectivity index (χ1v) is 4.68. The van der Waals surface area contributed by atoms with Crippen molar-refractivity contribution in [2.45, 2.75) is 19.8 Å². The van der Waals surface area contributed by atoms with Crippen LogP contribution in [0.4, 0.5) is 0 Å². The lowest BCUT2D eigenvalue weighted by Gasteiger charge is -1.97. The first-order valence-electron chi connectivity index (χ1n) is 4.68. The van der Waals surface area contributed by atoms with Crippen molar-refractivity contribution in [2.75, 3.05) is 0 Å². The van der Waals surface area contributed by atoms with Crippen LogP contribution in [0.1, 0.15) is 24.3 Å². The topological polar surface area (TPSA) is 63.3 Å². The molecule has 2 rings (SSSR count). The maximum absolute atomic E-state index is 10.7. The van der Waals surface area contributed by atoms with Gasteiger partial charge in [0.25, 0.3) is 0 Å². The molecule has 1 heterocycles. The molecule has 0 spiro atoms. The predicted molar refractivity (Wildman–Crippen MR) is 54.8 cm³/mol. The van der Waals surface area contributed by atoms with Crippen molar-refractivity contribution < 1.29 is 14.3 Å². The number of carboxylic acid groups (broad SMARTS) is 1. The number of aromatic nitrogens is 1. The van der Waals surface area contributed by atoms with E-state index in [0.29, 0.717) is 11.1 Å². The second-order valence-electron chi connectivity index (χ2n) is 3.58. The summed E-state index contributed by atoms with van der Waals surface area (Å²) >= 11 is 0. The van der Waals surface area contributed by atoms with Gasteiger partial charge in [-0.1, -0.05) is 6.07 Å². The number of oxazole rings is 1. The van der Waals surface area contributed by atoms with Crippen molar-refractivity contribution in [1.82, 2.24) is 4.98 Å². The lowest BCUT2D eigenvalue weighted by Crippen LogP contribution is -2.07. The molecule has 4 heteroatoms. The Bertz CT molecular complexity index is 516. The van der Waals surface area contributed by atoms with Crippen LogP contribution in [0.25, 0.3) is 11.1 Å². The van der Waals surface area contributed by atoms with E-state index in [4.69, 9.17) is 9.52 Å². The van der Waals surface area contributed by atoms with Gasteiger partial charge in [-0.05, 0) is 31.5 Å². The Morgan fingerprint density at radius 1 is 1.53 bits per heavy atom. The number of rotatable bonds is 2. The SMILES string of the molecule is Cc1ccc2nc(C(C)C(=O)O)oc2c1. The van der Waals surface area contributed by atoms with E-state index in [-0.39, 0.29) is 5.89 Å². The number of hydrogen-bond donors (Lipinski definition) is 1. The largest absolute Gasteiger partial charge is 0.481 e. The molecule has 4 nitrogen and oxygen atoms in total. The molecule has 1 aromatic heterocycles. The predicted octanol–water partition coefficient (Wildman–Crippen LogP) is 2.32. The fourth-order valence-corrected chi connectivity index (χ4v) is 1.34. The van der Waals surface area contributed by atoms with Gasteiger partial charge < -0.3 is 9.52 Å². The van der Waals surface area contributed by atoms with Crippen molar-refractivity contribution in [3.8, 4) is 0 Å². The van der Waals surface area contributed by atoms with Crippen LogP contribution in [0.3, 0.4) is 0 Å². The van der Waals surface area contributed by atoms with Gasteiger partial charge in [0.1, 0.15) is 11.4 Å². The van der Waals surface area contributed by atoms with Crippen molar-refractivity contribution in [3.05, 3.63) is 29.7 Å². The van der Waals surface area contributed by atoms with E-state index < -0.39 is 11.9 Å². The first-order chi connectivity index (χ1) is 7.08. The molecule has 0 saturated heterocycles.